The van der Waals surface area contributed by atoms with Gasteiger partial charge < -0.3 is 8.94 Å². The van der Waals surface area contributed by atoms with Gasteiger partial charge in [0.25, 0.3) is 5.89 Å². The van der Waals surface area contributed by atoms with Crippen LogP contribution in [0.3, 0.4) is 0 Å². The molecule has 0 unspecified atom stereocenters. The average molecular weight is 405 g/mol. The summed E-state index contributed by atoms with van der Waals surface area (Å²) in [5.74, 6) is -1.36. The van der Waals surface area contributed by atoms with Crippen LogP contribution in [0.25, 0.3) is 34.2 Å². The van der Waals surface area contributed by atoms with Crippen LogP contribution in [0.2, 0.25) is 5.02 Å². The Morgan fingerprint density at radius 3 is 2.46 bits per heavy atom. The van der Waals surface area contributed by atoms with Crippen LogP contribution < -0.4 is 0 Å². The summed E-state index contributed by atoms with van der Waals surface area (Å²) < 4.78 is 50.8. The first-order chi connectivity index (χ1) is 13.3. The van der Waals surface area contributed by atoms with E-state index in [4.69, 9.17) is 20.5 Å². The van der Waals surface area contributed by atoms with Crippen LogP contribution in [-0.2, 0) is 6.18 Å². The average Bonchev–Trinajstić information content (AvgIpc) is 3.29. The number of aryl methyl sites for hydroxylation is 1. The van der Waals surface area contributed by atoms with E-state index < -0.39 is 11.9 Å². The Balaban J connectivity index is 1.83. The van der Waals surface area contributed by atoms with Crippen LogP contribution in [0, 0.1) is 6.92 Å². The van der Waals surface area contributed by atoms with Crippen molar-refractivity contribution in [3.05, 3.63) is 70.9 Å². The van der Waals surface area contributed by atoms with Gasteiger partial charge in [0.2, 0.25) is 11.6 Å². The van der Waals surface area contributed by atoms with Crippen LogP contribution in [0.15, 0.2) is 63.5 Å². The molecule has 0 saturated heterocycles. The normalized spacial score (nSPS) is 11.8. The monoisotopic (exact) mass is 404 g/mol. The lowest BCUT2D eigenvalue weighted by molar-refractivity contribution is -0.152. The molecule has 0 aliphatic heterocycles. The molecule has 0 bridgehead atoms. The highest BCUT2D eigenvalue weighted by Gasteiger charge is 2.40. The molecule has 2 aromatic heterocycles. The Morgan fingerprint density at radius 2 is 1.75 bits per heavy atom. The van der Waals surface area contributed by atoms with E-state index in [-0.39, 0.29) is 28.1 Å². The van der Waals surface area contributed by atoms with Crippen LogP contribution in [-0.4, -0.2) is 10.1 Å². The molecule has 0 amide bonds. The molecule has 0 fully saturated rings. The lowest BCUT2D eigenvalue weighted by atomic mass is 10.1. The number of halogens is 4. The van der Waals surface area contributed by atoms with Gasteiger partial charge in [0.15, 0.2) is 0 Å². The van der Waals surface area contributed by atoms with Gasteiger partial charge in [-0.25, -0.2) is 0 Å². The van der Waals surface area contributed by atoms with E-state index in [0.29, 0.717) is 11.1 Å². The molecule has 4 aromatic rings. The van der Waals surface area contributed by atoms with E-state index in [9.17, 15) is 13.2 Å². The van der Waals surface area contributed by atoms with Gasteiger partial charge in [-0.3, -0.25) is 0 Å². The quantitative estimate of drug-likeness (QED) is 0.384. The summed E-state index contributed by atoms with van der Waals surface area (Å²) in [4.78, 5) is 4.12. The van der Waals surface area contributed by atoms with Gasteiger partial charge in [0, 0.05) is 11.1 Å². The number of aromatic nitrogens is 2. The molecule has 0 radical (unpaired) electrons. The Labute approximate surface area is 162 Å². The molecule has 0 spiro atoms. The molecule has 2 aromatic carbocycles. The largest absolute Gasteiger partial charge is 0.451 e. The van der Waals surface area contributed by atoms with Crippen molar-refractivity contribution in [3.8, 4) is 34.2 Å². The number of benzene rings is 2. The molecule has 28 heavy (non-hydrogen) atoms. The Hall–Kier alpha value is -3.06. The zero-order valence-electron chi connectivity index (χ0n) is 14.4. The van der Waals surface area contributed by atoms with Gasteiger partial charge in [-0.1, -0.05) is 52.7 Å². The number of rotatable bonds is 3. The van der Waals surface area contributed by atoms with Gasteiger partial charge in [-0.15, -0.1) is 0 Å². The van der Waals surface area contributed by atoms with Crippen molar-refractivity contribution in [2.45, 2.75) is 13.1 Å². The van der Waals surface area contributed by atoms with Gasteiger partial charge in [0.05, 0.1) is 10.6 Å². The van der Waals surface area contributed by atoms with E-state index in [1.807, 2.05) is 19.1 Å². The summed E-state index contributed by atoms with van der Waals surface area (Å²) in [7, 11) is 0. The Morgan fingerprint density at radius 1 is 0.964 bits per heavy atom. The number of alkyl halides is 3. The molecule has 2 heterocycles. The molecule has 0 aliphatic rings. The minimum Gasteiger partial charge on any atom is -0.451 e. The fraction of sp³-hybridized carbons (Fsp3) is 0.100. The smallest absolute Gasteiger partial charge is 0.450 e. The van der Waals surface area contributed by atoms with Crippen molar-refractivity contribution < 1.29 is 22.1 Å². The van der Waals surface area contributed by atoms with Crippen molar-refractivity contribution in [3.63, 3.8) is 0 Å². The third kappa shape index (κ3) is 3.41. The highest BCUT2D eigenvalue weighted by molar-refractivity contribution is 6.33. The molecular formula is C20H12ClF3N2O2. The molecule has 0 atom stereocenters. The van der Waals surface area contributed by atoms with Crippen LogP contribution >= 0.6 is 11.6 Å². The molecule has 0 N–H and O–H groups in total. The lowest BCUT2D eigenvalue weighted by Gasteiger charge is -2.04. The van der Waals surface area contributed by atoms with Crippen molar-refractivity contribution in [1.82, 2.24) is 10.1 Å². The third-order valence-electron chi connectivity index (χ3n) is 4.06. The topological polar surface area (TPSA) is 52.1 Å². The van der Waals surface area contributed by atoms with Gasteiger partial charge in [0.1, 0.15) is 5.76 Å². The van der Waals surface area contributed by atoms with Crippen molar-refractivity contribution in [1.29, 1.82) is 0 Å². The molecule has 142 valence electrons. The fourth-order valence-electron chi connectivity index (χ4n) is 2.79. The van der Waals surface area contributed by atoms with E-state index in [0.717, 1.165) is 5.56 Å². The molecule has 4 nitrogen and oxygen atoms in total. The molecule has 8 heteroatoms. The first kappa shape index (κ1) is 18.3. The summed E-state index contributed by atoms with van der Waals surface area (Å²) in [5.41, 5.74) is 1.59. The van der Waals surface area contributed by atoms with Crippen LogP contribution in [0.5, 0.6) is 0 Å². The highest BCUT2D eigenvalue weighted by atomic mass is 35.5. The standard InChI is InChI=1S/C20H12ClF3N2O2/c1-11-5-4-6-12(9-11)18-25-19(28-26-18)14-10-16(27-17(14)20(22,23)24)13-7-2-3-8-15(13)21/h2-10H,1H3. The van der Waals surface area contributed by atoms with Crippen LogP contribution in [0.1, 0.15) is 11.3 Å². The summed E-state index contributed by atoms with van der Waals surface area (Å²) in [6.07, 6.45) is -4.74. The summed E-state index contributed by atoms with van der Waals surface area (Å²) in [6.45, 7) is 1.89. The van der Waals surface area contributed by atoms with Crippen molar-refractivity contribution in [2.24, 2.45) is 0 Å². The second-order valence-corrected chi connectivity index (χ2v) is 6.53. The number of hydrogen-bond donors (Lipinski definition) is 0. The SMILES string of the molecule is Cc1cccc(-c2noc(-c3cc(-c4ccccc4Cl)oc3C(F)(F)F)n2)c1. The fourth-order valence-corrected chi connectivity index (χ4v) is 3.02. The number of hydrogen-bond acceptors (Lipinski definition) is 4. The maximum Gasteiger partial charge on any atom is 0.450 e. The molecule has 4 rings (SSSR count). The van der Waals surface area contributed by atoms with E-state index in [1.54, 1.807) is 36.4 Å². The summed E-state index contributed by atoms with van der Waals surface area (Å²) in [6, 6.07) is 14.9. The minimum absolute atomic E-state index is 0.0387. The maximum atomic E-state index is 13.5. The molecular weight excluding hydrogens is 393 g/mol. The number of furan rings is 1. The molecule has 0 aliphatic carbocycles. The van der Waals surface area contributed by atoms with Gasteiger partial charge in [-0.05, 0) is 31.2 Å². The molecule has 0 saturated carbocycles. The van der Waals surface area contributed by atoms with E-state index in [2.05, 4.69) is 10.1 Å². The Bertz CT molecular complexity index is 1150. The minimum atomic E-state index is -4.74. The lowest BCUT2D eigenvalue weighted by Crippen LogP contribution is -2.04. The maximum absolute atomic E-state index is 13.5. The van der Waals surface area contributed by atoms with Crippen LogP contribution in [0.4, 0.5) is 13.2 Å². The summed E-state index contributed by atoms with van der Waals surface area (Å²) >= 11 is 6.09. The predicted molar refractivity (Wildman–Crippen MR) is 97.6 cm³/mol. The third-order valence-corrected chi connectivity index (χ3v) is 4.39. The zero-order chi connectivity index (χ0) is 19.9. The van der Waals surface area contributed by atoms with Crippen molar-refractivity contribution >= 4 is 11.6 Å². The first-order valence-corrected chi connectivity index (χ1v) is 8.58. The second-order valence-electron chi connectivity index (χ2n) is 6.12. The van der Waals surface area contributed by atoms with E-state index >= 15 is 0 Å². The summed E-state index contributed by atoms with van der Waals surface area (Å²) in [5, 5.41) is 4.07. The highest BCUT2D eigenvalue weighted by Crippen LogP contribution is 2.42. The predicted octanol–water partition coefficient (Wildman–Crippen LogP) is 6.64. The van der Waals surface area contributed by atoms with Gasteiger partial charge in [-0.2, -0.15) is 18.2 Å². The van der Waals surface area contributed by atoms with Gasteiger partial charge >= 0.3 is 6.18 Å². The zero-order valence-corrected chi connectivity index (χ0v) is 15.2. The van der Waals surface area contributed by atoms with Crippen molar-refractivity contribution in [2.75, 3.05) is 0 Å². The Kier molecular flexibility index (Phi) is 4.47. The first-order valence-electron chi connectivity index (χ1n) is 8.20. The number of nitrogens with zero attached hydrogens (tertiary/aromatic N) is 2. The second kappa shape index (κ2) is 6.83. The van der Waals surface area contributed by atoms with E-state index in [1.165, 1.54) is 6.07 Å².